The van der Waals surface area contributed by atoms with Crippen LogP contribution in [0.1, 0.15) is 37.7 Å². The largest absolute Gasteiger partial charge is 0.492 e. The van der Waals surface area contributed by atoms with Crippen LogP contribution in [0.2, 0.25) is 5.02 Å². The fraction of sp³-hybridized carbons (Fsp3) is 0.562. The molecule has 0 aromatic heterocycles. The predicted molar refractivity (Wildman–Crippen MR) is 78.9 cm³/mol. The number of fused-ring (bicyclic) bond motifs is 1. The van der Waals surface area contributed by atoms with Gasteiger partial charge in [-0.1, -0.05) is 30.2 Å². The van der Waals surface area contributed by atoms with Crippen LogP contribution in [-0.4, -0.2) is 24.6 Å². The van der Waals surface area contributed by atoms with E-state index in [4.69, 9.17) is 16.3 Å². The van der Waals surface area contributed by atoms with Crippen molar-refractivity contribution in [1.29, 1.82) is 5.26 Å². The number of para-hydroxylation sites is 1. The average molecular weight is 291 g/mol. The van der Waals surface area contributed by atoms with E-state index < -0.39 is 5.54 Å². The van der Waals surface area contributed by atoms with Gasteiger partial charge in [0.15, 0.2) is 0 Å². The summed E-state index contributed by atoms with van der Waals surface area (Å²) >= 11 is 6.28. The summed E-state index contributed by atoms with van der Waals surface area (Å²) in [6.45, 7) is 2.60. The van der Waals surface area contributed by atoms with Gasteiger partial charge in [0.25, 0.3) is 0 Å². The number of nitriles is 1. The molecule has 0 aliphatic carbocycles. The Morgan fingerprint density at radius 2 is 2.00 bits per heavy atom. The summed E-state index contributed by atoms with van der Waals surface area (Å²) in [6.07, 6.45) is 5.29. The van der Waals surface area contributed by atoms with Crippen LogP contribution in [-0.2, 0) is 5.54 Å². The lowest BCUT2D eigenvalue weighted by molar-refractivity contribution is 0.101. The smallest absolute Gasteiger partial charge is 0.144 e. The standard InChI is InChI=1S/C16H19ClN2O/c17-14-7-4-6-13-15(14)20-11-5-8-16(13,12-18)19-9-2-1-3-10-19/h4,6-7H,1-3,5,8-11H2. The highest BCUT2D eigenvalue weighted by Crippen LogP contribution is 2.44. The first kappa shape index (κ1) is 13.7. The minimum Gasteiger partial charge on any atom is -0.492 e. The Labute approximate surface area is 125 Å². The van der Waals surface area contributed by atoms with Crippen molar-refractivity contribution in [2.24, 2.45) is 0 Å². The van der Waals surface area contributed by atoms with Gasteiger partial charge < -0.3 is 4.74 Å². The van der Waals surface area contributed by atoms with E-state index in [2.05, 4.69) is 11.0 Å². The van der Waals surface area contributed by atoms with E-state index >= 15 is 0 Å². The summed E-state index contributed by atoms with van der Waals surface area (Å²) in [7, 11) is 0. The topological polar surface area (TPSA) is 36.3 Å². The number of ether oxygens (including phenoxy) is 1. The molecule has 1 aromatic rings. The summed E-state index contributed by atoms with van der Waals surface area (Å²) in [4.78, 5) is 2.33. The van der Waals surface area contributed by atoms with Crippen molar-refractivity contribution < 1.29 is 4.74 Å². The molecule has 0 spiro atoms. The highest BCUT2D eigenvalue weighted by molar-refractivity contribution is 6.32. The van der Waals surface area contributed by atoms with Crippen molar-refractivity contribution in [2.45, 2.75) is 37.6 Å². The molecule has 2 aliphatic heterocycles. The van der Waals surface area contributed by atoms with Crippen molar-refractivity contribution in [3.05, 3.63) is 28.8 Å². The predicted octanol–water partition coefficient (Wildman–Crippen LogP) is 3.72. The number of likely N-dealkylation sites (tertiary alicyclic amines) is 1. The molecule has 1 unspecified atom stereocenters. The fourth-order valence-corrected chi connectivity index (χ4v) is 3.64. The normalized spacial score (nSPS) is 27.0. The second-order valence-corrected chi connectivity index (χ2v) is 6.00. The summed E-state index contributed by atoms with van der Waals surface area (Å²) < 4.78 is 5.82. The van der Waals surface area contributed by atoms with Gasteiger partial charge in [0.2, 0.25) is 0 Å². The second-order valence-electron chi connectivity index (χ2n) is 5.59. The third-order valence-electron chi connectivity index (χ3n) is 4.42. The minimum absolute atomic E-state index is 0.572. The molecule has 106 valence electrons. The molecule has 1 aromatic carbocycles. The quantitative estimate of drug-likeness (QED) is 0.791. The molecule has 3 rings (SSSR count). The third kappa shape index (κ3) is 2.17. The number of halogens is 1. The molecule has 3 nitrogen and oxygen atoms in total. The number of hydrogen-bond donors (Lipinski definition) is 0. The van der Waals surface area contributed by atoms with Gasteiger partial charge in [0.1, 0.15) is 11.3 Å². The zero-order chi connectivity index (χ0) is 14.0. The zero-order valence-corrected chi connectivity index (χ0v) is 12.3. The fourth-order valence-electron chi connectivity index (χ4n) is 3.41. The van der Waals surface area contributed by atoms with Crippen molar-refractivity contribution in [3.63, 3.8) is 0 Å². The van der Waals surface area contributed by atoms with Gasteiger partial charge in [-0.05, 0) is 44.8 Å². The Kier molecular flexibility index (Phi) is 3.87. The number of nitrogens with zero attached hydrogens (tertiary/aromatic N) is 2. The Hall–Kier alpha value is -1.24. The van der Waals surface area contributed by atoms with Gasteiger partial charge in [-0.3, -0.25) is 4.90 Å². The van der Waals surface area contributed by atoms with E-state index in [9.17, 15) is 5.26 Å². The van der Waals surface area contributed by atoms with Crippen LogP contribution in [0.15, 0.2) is 18.2 Å². The van der Waals surface area contributed by atoms with E-state index in [1.807, 2.05) is 18.2 Å². The van der Waals surface area contributed by atoms with Gasteiger partial charge in [-0.25, -0.2) is 0 Å². The first-order valence-electron chi connectivity index (χ1n) is 7.36. The van der Waals surface area contributed by atoms with Gasteiger partial charge in [0.05, 0.1) is 17.7 Å². The average Bonchev–Trinajstić information content (AvgIpc) is 2.69. The van der Waals surface area contributed by atoms with E-state index in [1.54, 1.807) is 0 Å². The third-order valence-corrected chi connectivity index (χ3v) is 4.72. The maximum absolute atomic E-state index is 9.97. The van der Waals surface area contributed by atoms with Gasteiger partial charge >= 0.3 is 0 Å². The number of benzene rings is 1. The number of rotatable bonds is 1. The molecule has 4 heteroatoms. The SMILES string of the molecule is N#CC1(N2CCCCC2)CCCOc2c(Cl)cccc21. The molecule has 0 amide bonds. The summed E-state index contributed by atoms with van der Waals surface area (Å²) in [6, 6.07) is 8.36. The van der Waals surface area contributed by atoms with Crippen LogP contribution in [0.3, 0.4) is 0 Å². The highest BCUT2D eigenvalue weighted by atomic mass is 35.5. The molecule has 2 heterocycles. The van der Waals surface area contributed by atoms with Crippen LogP contribution < -0.4 is 4.74 Å². The van der Waals surface area contributed by atoms with E-state index in [0.29, 0.717) is 17.4 Å². The number of hydrogen-bond acceptors (Lipinski definition) is 3. The monoisotopic (exact) mass is 290 g/mol. The summed E-state index contributed by atoms with van der Waals surface area (Å²) in [5, 5.41) is 10.6. The van der Waals surface area contributed by atoms with Crippen molar-refractivity contribution in [3.8, 4) is 11.8 Å². The number of piperidine rings is 1. The van der Waals surface area contributed by atoms with E-state index in [1.165, 1.54) is 19.3 Å². The Morgan fingerprint density at radius 3 is 2.75 bits per heavy atom. The molecule has 1 fully saturated rings. The summed E-state index contributed by atoms with van der Waals surface area (Å²) in [5.41, 5.74) is 0.379. The molecular formula is C16H19ClN2O. The molecule has 0 radical (unpaired) electrons. The molecule has 0 bridgehead atoms. The maximum atomic E-state index is 9.97. The Bertz CT molecular complexity index is 534. The molecule has 20 heavy (non-hydrogen) atoms. The molecule has 0 saturated carbocycles. The van der Waals surface area contributed by atoms with Gasteiger partial charge in [-0.2, -0.15) is 5.26 Å². The Morgan fingerprint density at radius 1 is 1.20 bits per heavy atom. The van der Waals surface area contributed by atoms with Crippen molar-refractivity contribution in [1.82, 2.24) is 4.90 Å². The second kappa shape index (κ2) is 5.63. The minimum atomic E-state index is -0.572. The molecular weight excluding hydrogens is 272 g/mol. The van der Waals surface area contributed by atoms with Crippen LogP contribution in [0.4, 0.5) is 0 Å². The summed E-state index contributed by atoms with van der Waals surface area (Å²) in [5.74, 6) is 0.707. The molecule has 1 saturated heterocycles. The zero-order valence-electron chi connectivity index (χ0n) is 11.6. The highest BCUT2D eigenvalue weighted by Gasteiger charge is 2.42. The van der Waals surface area contributed by atoms with Crippen LogP contribution >= 0.6 is 11.6 Å². The van der Waals surface area contributed by atoms with Gasteiger partial charge in [-0.15, -0.1) is 0 Å². The van der Waals surface area contributed by atoms with Gasteiger partial charge in [0, 0.05) is 5.56 Å². The Balaban J connectivity index is 2.11. The van der Waals surface area contributed by atoms with Crippen LogP contribution in [0.25, 0.3) is 0 Å². The first-order valence-corrected chi connectivity index (χ1v) is 7.74. The van der Waals surface area contributed by atoms with E-state index in [-0.39, 0.29) is 0 Å². The van der Waals surface area contributed by atoms with Crippen molar-refractivity contribution in [2.75, 3.05) is 19.7 Å². The first-order chi connectivity index (χ1) is 9.78. The van der Waals surface area contributed by atoms with Crippen molar-refractivity contribution >= 4 is 11.6 Å². The van der Waals surface area contributed by atoms with Crippen LogP contribution in [0, 0.1) is 11.3 Å². The lowest BCUT2D eigenvalue weighted by Gasteiger charge is -2.41. The lowest BCUT2D eigenvalue weighted by Crippen LogP contribution is -2.47. The van der Waals surface area contributed by atoms with Crippen LogP contribution in [0.5, 0.6) is 5.75 Å². The lowest BCUT2D eigenvalue weighted by atomic mass is 9.83. The molecule has 1 atom stereocenters. The molecule has 2 aliphatic rings. The maximum Gasteiger partial charge on any atom is 0.144 e. The molecule has 0 N–H and O–H groups in total. The van der Waals surface area contributed by atoms with E-state index in [0.717, 1.165) is 31.5 Å².